The van der Waals surface area contributed by atoms with Crippen LogP contribution in [0.1, 0.15) is 30.7 Å². The van der Waals surface area contributed by atoms with Gasteiger partial charge in [-0.1, -0.05) is 24.6 Å². The van der Waals surface area contributed by atoms with E-state index in [1.54, 1.807) is 7.11 Å². The lowest BCUT2D eigenvalue weighted by molar-refractivity contribution is -0.121. The fraction of sp³-hybridized carbons (Fsp3) is 0.458. The van der Waals surface area contributed by atoms with Crippen LogP contribution < -0.4 is 10.1 Å². The third kappa shape index (κ3) is 4.09. The van der Waals surface area contributed by atoms with Gasteiger partial charge in [-0.05, 0) is 42.5 Å². The van der Waals surface area contributed by atoms with Gasteiger partial charge in [0.15, 0.2) is 5.78 Å². The van der Waals surface area contributed by atoms with Gasteiger partial charge < -0.3 is 15.2 Å². The number of hydrogen-bond donors (Lipinski definition) is 2. The molecule has 0 bridgehead atoms. The summed E-state index contributed by atoms with van der Waals surface area (Å²) < 4.78 is 5.49. The normalized spacial score (nSPS) is 25.4. The molecule has 1 aliphatic heterocycles. The van der Waals surface area contributed by atoms with Gasteiger partial charge in [-0.15, -0.1) is 0 Å². The Kier molecular flexibility index (Phi) is 6.12. The van der Waals surface area contributed by atoms with Crippen molar-refractivity contribution in [3.05, 3.63) is 47.8 Å². The van der Waals surface area contributed by atoms with Gasteiger partial charge >= 0.3 is 0 Å². The van der Waals surface area contributed by atoms with E-state index in [4.69, 9.17) is 10.00 Å². The van der Waals surface area contributed by atoms with Crippen LogP contribution in [0, 0.1) is 23.2 Å². The van der Waals surface area contributed by atoms with Crippen molar-refractivity contribution in [2.45, 2.75) is 44.2 Å². The number of aromatic nitrogens is 1. The summed E-state index contributed by atoms with van der Waals surface area (Å²) >= 11 is 0. The average Bonchev–Trinajstić information content (AvgIpc) is 3.19. The highest BCUT2D eigenvalue weighted by molar-refractivity contribution is 5.87. The molecule has 2 aromatic rings. The molecule has 0 amide bonds. The number of Topliss-reactive ketones (excluding diaryl/α,β-unsaturated/α-hetero) is 1. The van der Waals surface area contributed by atoms with Crippen molar-refractivity contribution in [3.8, 4) is 22.9 Å². The number of carbonyl (C=O) groups excluding carboxylic acids is 1. The van der Waals surface area contributed by atoms with Gasteiger partial charge in [0.2, 0.25) is 0 Å². The Bertz CT molecular complexity index is 968. The molecule has 1 saturated carbocycles. The number of carbonyl (C=O) groups is 1. The number of methoxy groups -OCH3 is 1. The SMILES string of the molecule is COc1ccccc1-c1cc(CC#N)nc(CC(=O)C2NC[C@H]3[C@@H](O)CCC[C@@H]23)c1. The molecule has 2 aliphatic rings. The topological polar surface area (TPSA) is 95.2 Å². The van der Waals surface area contributed by atoms with E-state index in [2.05, 4.69) is 16.4 Å². The molecule has 1 unspecified atom stereocenters. The number of aliphatic hydroxyl groups excluding tert-OH is 1. The maximum Gasteiger partial charge on any atom is 0.155 e. The highest BCUT2D eigenvalue weighted by atomic mass is 16.5. The second kappa shape index (κ2) is 8.95. The number of aliphatic hydroxyl groups is 1. The van der Waals surface area contributed by atoms with Gasteiger partial charge in [0.05, 0.1) is 43.9 Å². The third-order valence-electron chi connectivity index (χ3n) is 6.39. The Hall–Kier alpha value is -2.75. The number of para-hydroxylation sites is 1. The van der Waals surface area contributed by atoms with Crippen molar-refractivity contribution in [2.24, 2.45) is 11.8 Å². The number of nitriles is 1. The van der Waals surface area contributed by atoms with Crippen LogP contribution in [0.15, 0.2) is 36.4 Å². The molecule has 0 radical (unpaired) electrons. The minimum absolute atomic E-state index is 0.101. The van der Waals surface area contributed by atoms with Crippen LogP contribution in [-0.2, 0) is 17.6 Å². The van der Waals surface area contributed by atoms with Crippen LogP contribution in [0.5, 0.6) is 5.75 Å². The number of fused-ring (bicyclic) bond motifs is 1. The smallest absolute Gasteiger partial charge is 0.155 e. The molecule has 1 aromatic heterocycles. The molecule has 2 N–H and O–H groups in total. The highest BCUT2D eigenvalue weighted by Gasteiger charge is 2.44. The second-order valence-electron chi connectivity index (χ2n) is 8.23. The Balaban J connectivity index is 1.60. The molecule has 4 rings (SSSR count). The molecular formula is C24H27N3O3. The lowest BCUT2D eigenvalue weighted by Crippen LogP contribution is -2.39. The summed E-state index contributed by atoms with van der Waals surface area (Å²) in [6.45, 7) is 0.691. The molecule has 156 valence electrons. The summed E-state index contributed by atoms with van der Waals surface area (Å²) in [5, 5.41) is 22.8. The van der Waals surface area contributed by atoms with Crippen LogP contribution >= 0.6 is 0 Å². The predicted molar refractivity (Wildman–Crippen MR) is 113 cm³/mol. The van der Waals surface area contributed by atoms with E-state index >= 15 is 0 Å². The van der Waals surface area contributed by atoms with E-state index in [1.165, 1.54) is 0 Å². The Morgan fingerprint density at radius 2 is 2.07 bits per heavy atom. The Labute approximate surface area is 176 Å². The zero-order valence-corrected chi connectivity index (χ0v) is 17.2. The number of pyridine rings is 1. The van der Waals surface area contributed by atoms with Crippen molar-refractivity contribution in [3.63, 3.8) is 0 Å². The molecule has 0 spiro atoms. The fourth-order valence-electron chi connectivity index (χ4n) is 4.98. The number of rotatable bonds is 6. The number of ether oxygens (including phenoxy) is 1. The van der Waals surface area contributed by atoms with Crippen LogP contribution in [0.25, 0.3) is 11.1 Å². The maximum absolute atomic E-state index is 13.1. The minimum atomic E-state index is -0.316. The van der Waals surface area contributed by atoms with E-state index in [0.717, 1.165) is 36.1 Å². The molecule has 6 nitrogen and oxygen atoms in total. The van der Waals surface area contributed by atoms with Gasteiger partial charge in [-0.3, -0.25) is 9.78 Å². The molecule has 2 heterocycles. The first-order valence-corrected chi connectivity index (χ1v) is 10.5. The summed E-state index contributed by atoms with van der Waals surface area (Å²) in [7, 11) is 1.63. The Morgan fingerprint density at radius 1 is 1.27 bits per heavy atom. The average molecular weight is 405 g/mol. The maximum atomic E-state index is 13.1. The summed E-state index contributed by atoms with van der Waals surface area (Å²) in [6.07, 6.45) is 2.83. The fourth-order valence-corrected chi connectivity index (χ4v) is 4.98. The molecule has 1 aromatic carbocycles. The molecule has 4 atom stereocenters. The molecule has 30 heavy (non-hydrogen) atoms. The van der Waals surface area contributed by atoms with Crippen LogP contribution in [0.3, 0.4) is 0 Å². The van der Waals surface area contributed by atoms with Crippen LogP contribution in [0.2, 0.25) is 0 Å². The van der Waals surface area contributed by atoms with E-state index in [9.17, 15) is 9.90 Å². The van der Waals surface area contributed by atoms with Crippen LogP contribution in [0.4, 0.5) is 0 Å². The molecule has 1 saturated heterocycles. The summed E-state index contributed by atoms with van der Waals surface area (Å²) in [6, 6.07) is 13.4. The zero-order chi connectivity index (χ0) is 21.1. The summed E-state index contributed by atoms with van der Waals surface area (Å²) in [4.78, 5) is 17.7. The van der Waals surface area contributed by atoms with E-state index < -0.39 is 0 Å². The molecule has 1 aliphatic carbocycles. The lowest BCUT2D eigenvalue weighted by atomic mass is 9.75. The zero-order valence-electron chi connectivity index (χ0n) is 17.2. The predicted octanol–water partition coefficient (Wildman–Crippen LogP) is 2.68. The standard InChI is InChI=1S/C24H27N3O3/c1-30-23-8-3-2-5-18(23)15-11-16(9-10-25)27-17(12-15)13-22(29)24-19-6-4-7-21(28)20(19)14-26-24/h2-3,5,8,11-12,19-21,24,26,28H,4,6-7,9,13-14H2,1H3/t19-,20-,21+,24?/m1/s1. The molecule has 2 fully saturated rings. The summed E-state index contributed by atoms with van der Waals surface area (Å²) in [5.74, 6) is 1.19. The minimum Gasteiger partial charge on any atom is -0.496 e. The second-order valence-corrected chi connectivity index (χ2v) is 8.23. The van der Waals surface area contributed by atoms with E-state index in [1.807, 2.05) is 36.4 Å². The van der Waals surface area contributed by atoms with Gasteiger partial charge in [0.25, 0.3) is 0 Å². The first kappa shape index (κ1) is 20.5. The Morgan fingerprint density at radius 3 is 2.87 bits per heavy atom. The van der Waals surface area contributed by atoms with Gasteiger partial charge in [0, 0.05) is 23.7 Å². The van der Waals surface area contributed by atoms with Crippen molar-refractivity contribution in [2.75, 3.05) is 13.7 Å². The summed E-state index contributed by atoms with van der Waals surface area (Å²) in [5.41, 5.74) is 3.11. The quantitative estimate of drug-likeness (QED) is 0.767. The molecular weight excluding hydrogens is 378 g/mol. The van der Waals surface area contributed by atoms with Crippen LogP contribution in [-0.4, -0.2) is 41.7 Å². The lowest BCUT2D eigenvalue weighted by Gasteiger charge is -2.31. The van der Waals surface area contributed by atoms with E-state index in [0.29, 0.717) is 17.9 Å². The monoisotopic (exact) mass is 405 g/mol. The first-order valence-electron chi connectivity index (χ1n) is 10.5. The third-order valence-corrected chi connectivity index (χ3v) is 6.39. The first-order chi connectivity index (χ1) is 14.6. The molecule has 6 heteroatoms. The van der Waals surface area contributed by atoms with Crippen molar-refractivity contribution in [1.29, 1.82) is 5.26 Å². The number of ketones is 1. The van der Waals surface area contributed by atoms with E-state index in [-0.39, 0.29) is 42.6 Å². The highest BCUT2D eigenvalue weighted by Crippen LogP contribution is 2.37. The van der Waals surface area contributed by atoms with Gasteiger partial charge in [-0.2, -0.15) is 5.26 Å². The number of benzene rings is 1. The number of hydrogen-bond acceptors (Lipinski definition) is 6. The largest absolute Gasteiger partial charge is 0.496 e. The number of nitrogens with zero attached hydrogens (tertiary/aromatic N) is 2. The van der Waals surface area contributed by atoms with Crippen molar-refractivity contribution < 1.29 is 14.6 Å². The van der Waals surface area contributed by atoms with Crippen molar-refractivity contribution >= 4 is 5.78 Å². The van der Waals surface area contributed by atoms with Crippen molar-refractivity contribution in [1.82, 2.24) is 10.3 Å². The van der Waals surface area contributed by atoms with Gasteiger partial charge in [-0.25, -0.2) is 0 Å². The van der Waals surface area contributed by atoms with Gasteiger partial charge in [0.1, 0.15) is 5.75 Å². The number of nitrogens with one attached hydrogen (secondary N) is 1.